The summed E-state index contributed by atoms with van der Waals surface area (Å²) < 4.78 is 5.59. The highest BCUT2D eigenvalue weighted by Gasteiger charge is 2.46. The molecule has 0 bridgehead atoms. The van der Waals surface area contributed by atoms with Gasteiger partial charge in [-0.15, -0.1) is 0 Å². The molecule has 2 aliphatic rings. The Balaban J connectivity index is 1.60. The lowest BCUT2D eigenvalue weighted by Crippen LogP contribution is -2.64. The number of ether oxygens (including phenoxy) is 1. The van der Waals surface area contributed by atoms with Crippen LogP contribution in [0.4, 0.5) is 0 Å². The molecule has 1 aliphatic heterocycles. The Bertz CT molecular complexity index is 584. The Morgan fingerprint density at radius 2 is 2.00 bits per heavy atom. The first kappa shape index (κ1) is 17.0. The quantitative estimate of drug-likeness (QED) is 0.828. The van der Waals surface area contributed by atoms with Crippen LogP contribution in [0.25, 0.3) is 0 Å². The summed E-state index contributed by atoms with van der Waals surface area (Å²) in [4.78, 5) is 28.4. The maximum Gasteiger partial charge on any atom is 0.242 e. The average molecular weight is 330 g/mol. The van der Waals surface area contributed by atoms with Crippen LogP contribution in [0.15, 0.2) is 30.3 Å². The summed E-state index contributed by atoms with van der Waals surface area (Å²) >= 11 is 0. The van der Waals surface area contributed by atoms with Gasteiger partial charge in [-0.2, -0.15) is 0 Å². The van der Waals surface area contributed by atoms with Crippen LogP contribution in [-0.2, 0) is 20.7 Å². The van der Waals surface area contributed by atoms with Crippen molar-refractivity contribution < 1.29 is 14.3 Å². The summed E-state index contributed by atoms with van der Waals surface area (Å²) in [7, 11) is 0. The van der Waals surface area contributed by atoms with Crippen LogP contribution in [0.3, 0.4) is 0 Å². The number of rotatable bonds is 5. The van der Waals surface area contributed by atoms with Gasteiger partial charge >= 0.3 is 0 Å². The lowest BCUT2D eigenvalue weighted by molar-refractivity contribution is -0.161. The average Bonchev–Trinajstić information content (AvgIpc) is 2.57. The number of carbonyl (C=O) groups excluding carboxylic acids is 2. The molecular weight excluding hydrogens is 304 g/mol. The predicted molar refractivity (Wildman–Crippen MR) is 91.5 cm³/mol. The third kappa shape index (κ3) is 3.61. The molecule has 130 valence electrons. The van der Waals surface area contributed by atoms with Gasteiger partial charge in [-0.05, 0) is 31.2 Å². The Hall–Kier alpha value is -1.88. The van der Waals surface area contributed by atoms with Crippen LogP contribution in [0.1, 0.15) is 31.7 Å². The minimum atomic E-state index is -0.1000. The van der Waals surface area contributed by atoms with Crippen molar-refractivity contribution >= 4 is 11.8 Å². The van der Waals surface area contributed by atoms with Crippen LogP contribution in [0, 0.1) is 0 Å². The molecular formula is C19H26N2O3. The molecule has 0 aromatic heterocycles. The Labute approximate surface area is 143 Å². The van der Waals surface area contributed by atoms with Crippen molar-refractivity contribution in [1.29, 1.82) is 0 Å². The van der Waals surface area contributed by atoms with E-state index < -0.39 is 0 Å². The molecule has 1 saturated heterocycles. The molecule has 1 heterocycles. The van der Waals surface area contributed by atoms with E-state index >= 15 is 0 Å². The van der Waals surface area contributed by atoms with E-state index in [0.29, 0.717) is 26.3 Å². The highest BCUT2D eigenvalue weighted by Crippen LogP contribution is 2.39. The maximum absolute atomic E-state index is 12.8. The fourth-order valence-electron chi connectivity index (χ4n) is 3.63. The van der Waals surface area contributed by atoms with Crippen molar-refractivity contribution in [2.24, 2.45) is 0 Å². The first-order valence-corrected chi connectivity index (χ1v) is 8.78. The molecule has 0 atom stereocenters. The van der Waals surface area contributed by atoms with Gasteiger partial charge in [-0.3, -0.25) is 9.59 Å². The number of carbonyl (C=O) groups is 2. The maximum atomic E-state index is 12.8. The number of morpholine rings is 1. The molecule has 1 spiro atoms. The first-order valence-electron chi connectivity index (χ1n) is 8.78. The van der Waals surface area contributed by atoms with E-state index in [-0.39, 0.29) is 23.9 Å². The van der Waals surface area contributed by atoms with Crippen LogP contribution in [0.5, 0.6) is 0 Å². The highest BCUT2D eigenvalue weighted by atomic mass is 16.5. The lowest BCUT2D eigenvalue weighted by atomic mass is 9.75. The van der Waals surface area contributed by atoms with E-state index in [1.165, 1.54) is 12.5 Å². The second-order valence-corrected chi connectivity index (χ2v) is 6.85. The molecule has 5 nitrogen and oxygen atoms in total. The van der Waals surface area contributed by atoms with Crippen molar-refractivity contribution in [3.05, 3.63) is 35.9 Å². The zero-order valence-corrected chi connectivity index (χ0v) is 14.4. The Kier molecular flexibility index (Phi) is 5.19. The first-order chi connectivity index (χ1) is 11.6. The summed E-state index contributed by atoms with van der Waals surface area (Å²) in [5.41, 5.74) is 1.08. The topological polar surface area (TPSA) is 49.9 Å². The van der Waals surface area contributed by atoms with E-state index in [4.69, 9.17) is 4.74 Å². The Morgan fingerprint density at radius 1 is 1.25 bits per heavy atom. The third-order valence-corrected chi connectivity index (χ3v) is 5.27. The van der Waals surface area contributed by atoms with Crippen molar-refractivity contribution in [2.75, 3.05) is 32.8 Å². The molecule has 24 heavy (non-hydrogen) atoms. The molecule has 2 fully saturated rings. The van der Waals surface area contributed by atoms with Gasteiger partial charge in [0.25, 0.3) is 0 Å². The molecule has 5 heteroatoms. The van der Waals surface area contributed by atoms with Gasteiger partial charge in [0.2, 0.25) is 11.8 Å². The third-order valence-electron chi connectivity index (χ3n) is 5.27. The van der Waals surface area contributed by atoms with Crippen molar-refractivity contribution in [2.45, 2.75) is 38.1 Å². The zero-order chi connectivity index (χ0) is 17.0. The summed E-state index contributed by atoms with van der Waals surface area (Å²) in [6.45, 7) is 4.16. The standard InChI is InChI=1S/C19H26N2O3/c1-16(22)20(11-8-17-6-3-2-4-7-17)14-18(23)21-12-13-24-15-19(21)9-5-10-19/h2-4,6-7H,5,8-15H2,1H3. The number of hydrogen-bond acceptors (Lipinski definition) is 3. The van der Waals surface area contributed by atoms with Crippen molar-refractivity contribution in [1.82, 2.24) is 9.80 Å². The zero-order valence-electron chi connectivity index (χ0n) is 14.4. The second kappa shape index (κ2) is 7.34. The van der Waals surface area contributed by atoms with Gasteiger partial charge in [0.05, 0.1) is 25.3 Å². The second-order valence-electron chi connectivity index (χ2n) is 6.85. The van der Waals surface area contributed by atoms with Gasteiger partial charge < -0.3 is 14.5 Å². The number of hydrogen-bond donors (Lipinski definition) is 0. The fraction of sp³-hybridized carbons (Fsp3) is 0.579. The predicted octanol–water partition coefficient (Wildman–Crippen LogP) is 1.86. The largest absolute Gasteiger partial charge is 0.377 e. The minimum Gasteiger partial charge on any atom is -0.377 e. The molecule has 3 rings (SSSR count). The SMILES string of the molecule is CC(=O)N(CCc1ccccc1)CC(=O)N1CCOCC12CCC2. The van der Waals surface area contributed by atoms with E-state index in [1.807, 2.05) is 35.2 Å². The van der Waals surface area contributed by atoms with Crippen LogP contribution >= 0.6 is 0 Å². The summed E-state index contributed by atoms with van der Waals surface area (Å²) in [6.07, 6.45) is 3.95. The number of nitrogens with zero attached hydrogens (tertiary/aromatic N) is 2. The molecule has 1 saturated carbocycles. The molecule has 1 aromatic rings. The van der Waals surface area contributed by atoms with Crippen molar-refractivity contribution in [3.8, 4) is 0 Å². The van der Waals surface area contributed by atoms with E-state index in [2.05, 4.69) is 0 Å². The van der Waals surface area contributed by atoms with Gasteiger partial charge in [0.15, 0.2) is 0 Å². The number of benzene rings is 1. The van der Waals surface area contributed by atoms with Gasteiger partial charge in [0, 0.05) is 20.0 Å². The molecule has 1 aromatic carbocycles. The smallest absolute Gasteiger partial charge is 0.242 e. The molecule has 1 aliphatic carbocycles. The van der Waals surface area contributed by atoms with Gasteiger partial charge in [-0.25, -0.2) is 0 Å². The van der Waals surface area contributed by atoms with Crippen LogP contribution in [0.2, 0.25) is 0 Å². The highest BCUT2D eigenvalue weighted by molar-refractivity contribution is 5.84. The van der Waals surface area contributed by atoms with E-state index in [0.717, 1.165) is 25.7 Å². The minimum absolute atomic E-state index is 0.0461. The molecule has 0 radical (unpaired) electrons. The van der Waals surface area contributed by atoms with Crippen LogP contribution < -0.4 is 0 Å². The summed E-state index contributed by atoms with van der Waals surface area (Å²) in [5, 5.41) is 0. The van der Waals surface area contributed by atoms with E-state index in [1.54, 1.807) is 4.90 Å². The molecule has 2 amide bonds. The summed E-state index contributed by atoms with van der Waals surface area (Å²) in [6, 6.07) is 10.1. The van der Waals surface area contributed by atoms with Gasteiger partial charge in [-0.1, -0.05) is 30.3 Å². The monoisotopic (exact) mass is 330 g/mol. The Morgan fingerprint density at radius 3 is 2.62 bits per heavy atom. The molecule has 0 N–H and O–H groups in total. The van der Waals surface area contributed by atoms with Crippen molar-refractivity contribution in [3.63, 3.8) is 0 Å². The van der Waals surface area contributed by atoms with E-state index in [9.17, 15) is 9.59 Å². The van der Waals surface area contributed by atoms with Crippen LogP contribution in [-0.4, -0.2) is 60.0 Å². The molecule has 0 unspecified atom stereocenters. The number of amides is 2. The fourth-order valence-corrected chi connectivity index (χ4v) is 3.63. The summed E-state index contributed by atoms with van der Waals surface area (Å²) in [5.74, 6) is 0.0106. The van der Waals surface area contributed by atoms with Gasteiger partial charge in [0.1, 0.15) is 0 Å². The lowest BCUT2D eigenvalue weighted by Gasteiger charge is -2.52. The normalized spacial score (nSPS) is 19.0.